The van der Waals surface area contributed by atoms with Crippen LogP contribution in [0.1, 0.15) is 25.2 Å². The van der Waals surface area contributed by atoms with Gasteiger partial charge in [-0.05, 0) is 38.6 Å². The van der Waals surface area contributed by atoms with E-state index < -0.39 is 6.03 Å². The van der Waals surface area contributed by atoms with Crippen LogP contribution in [0.3, 0.4) is 0 Å². The fourth-order valence-electron chi connectivity index (χ4n) is 1.95. The van der Waals surface area contributed by atoms with E-state index in [2.05, 4.69) is 26.0 Å². The molecule has 2 aromatic rings. The van der Waals surface area contributed by atoms with Crippen molar-refractivity contribution in [1.29, 1.82) is 0 Å². The van der Waals surface area contributed by atoms with Crippen LogP contribution in [0.2, 0.25) is 0 Å². The first-order chi connectivity index (χ1) is 9.28. The van der Waals surface area contributed by atoms with E-state index in [0.717, 1.165) is 27.4 Å². The molecule has 0 spiro atoms. The van der Waals surface area contributed by atoms with Gasteiger partial charge in [-0.1, -0.05) is 0 Å². The summed E-state index contributed by atoms with van der Waals surface area (Å²) in [6.45, 7) is 8.28. The van der Waals surface area contributed by atoms with Gasteiger partial charge in [0.2, 0.25) is 0 Å². The van der Waals surface area contributed by atoms with Crippen LogP contribution in [0.15, 0.2) is 5.38 Å². The van der Waals surface area contributed by atoms with Gasteiger partial charge in [0.05, 0.1) is 10.9 Å². The monoisotopic (exact) mass is 293 g/mol. The molecule has 0 bridgehead atoms. The molecule has 2 heterocycles. The molecule has 0 aliphatic carbocycles. The smallest absolute Gasteiger partial charge is 0.312 e. The van der Waals surface area contributed by atoms with Crippen molar-refractivity contribution in [3.05, 3.63) is 16.8 Å². The summed E-state index contributed by atoms with van der Waals surface area (Å²) in [5, 5.41) is 9.09. The molecular weight excluding hydrogens is 274 g/mol. The van der Waals surface area contributed by atoms with Crippen molar-refractivity contribution in [1.82, 2.24) is 15.3 Å². The van der Waals surface area contributed by atoms with E-state index >= 15 is 0 Å². The zero-order chi connectivity index (χ0) is 14.9. The van der Waals surface area contributed by atoms with Gasteiger partial charge in [-0.3, -0.25) is 0 Å². The first kappa shape index (κ1) is 14.5. The summed E-state index contributed by atoms with van der Waals surface area (Å²) < 4.78 is 0. The van der Waals surface area contributed by atoms with Crippen LogP contribution in [0.25, 0.3) is 10.2 Å². The van der Waals surface area contributed by atoms with Gasteiger partial charge in [-0.25, -0.2) is 14.8 Å². The summed E-state index contributed by atoms with van der Waals surface area (Å²) in [4.78, 5) is 20.7. The minimum absolute atomic E-state index is 0.364. The SMILES string of the molecule is Cc1nc(NC(C)(C)CNC(N)=O)c2c(C)csc2n1. The lowest BCUT2D eigenvalue weighted by Crippen LogP contribution is -2.46. The Balaban J connectivity index is 2.32. The summed E-state index contributed by atoms with van der Waals surface area (Å²) >= 11 is 1.61. The molecule has 2 aromatic heterocycles. The Hall–Kier alpha value is -1.89. The molecule has 0 radical (unpaired) electrons. The molecule has 20 heavy (non-hydrogen) atoms. The van der Waals surface area contributed by atoms with Crippen LogP contribution in [0, 0.1) is 13.8 Å². The second-order valence-electron chi connectivity index (χ2n) is 5.44. The summed E-state index contributed by atoms with van der Waals surface area (Å²) in [7, 11) is 0. The Kier molecular flexibility index (Phi) is 3.80. The van der Waals surface area contributed by atoms with Crippen LogP contribution in [-0.4, -0.2) is 28.1 Å². The zero-order valence-electron chi connectivity index (χ0n) is 12.1. The lowest BCUT2D eigenvalue weighted by Gasteiger charge is -2.27. The summed E-state index contributed by atoms with van der Waals surface area (Å²) in [5.74, 6) is 1.52. The van der Waals surface area contributed by atoms with Crippen molar-refractivity contribution in [3.63, 3.8) is 0 Å². The van der Waals surface area contributed by atoms with Crippen molar-refractivity contribution in [2.75, 3.05) is 11.9 Å². The molecule has 0 aliphatic heterocycles. The third kappa shape index (κ3) is 3.16. The van der Waals surface area contributed by atoms with Gasteiger partial charge in [0.15, 0.2) is 0 Å². The average Bonchev–Trinajstić information content (AvgIpc) is 2.68. The van der Waals surface area contributed by atoms with E-state index in [0.29, 0.717) is 6.54 Å². The normalized spacial score (nSPS) is 11.6. The lowest BCUT2D eigenvalue weighted by molar-refractivity contribution is 0.247. The number of thiophene rings is 1. The number of rotatable bonds is 4. The van der Waals surface area contributed by atoms with Crippen molar-refractivity contribution in [2.45, 2.75) is 33.2 Å². The molecule has 108 valence electrons. The van der Waals surface area contributed by atoms with Crippen LogP contribution in [-0.2, 0) is 0 Å². The Morgan fingerprint density at radius 2 is 2.10 bits per heavy atom. The quantitative estimate of drug-likeness (QED) is 0.805. The number of nitrogens with zero attached hydrogens (tertiary/aromatic N) is 2. The molecule has 0 atom stereocenters. The van der Waals surface area contributed by atoms with Crippen molar-refractivity contribution < 1.29 is 4.79 Å². The molecule has 2 amide bonds. The van der Waals surface area contributed by atoms with E-state index in [4.69, 9.17) is 5.73 Å². The number of carbonyl (C=O) groups excluding carboxylic acids is 1. The van der Waals surface area contributed by atoms with Gasteiger partial charge in [0.1, 0.15) is 16.5 Å². The zero-order valence-corrected chi connectivity index (χ0v) is 12.9. The summed E-state index contributed by atoms with van der Waals surface area (Å²) in [5.41, 5.74) is 5.89. The lowest BCUT2D eigenvalue weighted by atomic mass is 10.1. The molecular formula is C13H19N5OS. The Labute approximate surface area is 121 Å². The molecule has 2 rings (SSSR count). The largest absolute Gasteiger partial charge is 0.363 e. The van der Waals surface area contributed by atoms with E-state index in [1.54, 1.807) is 11.3 Å². The fourth-order valence-corrected chi connectivity index (χ4v) is 2.92. The predicted octanol–water partition coefficient (Wildman–Crippen LogP) is 2.17. The third-order valence-electron chi connectivity index (χ3n) is 2.89. The molecule has 0 saturated carbocycles. The highest BCUT2D eigenvalue weighted by atomic mass is 32.1. The van der Waals surface area contributed by atoms with Gasteiger partial charge in [0.25, 0.3) is 0 Å². The summed E-state index contributed by atoms with van der Waals surface area (Å²) in [6.07, 6.45) is 0. The third-order valence-corrected chi connectivity index (χ3v) is 3.88. The van der Waals surface area contributed by atoms with Crippen LogP contribution in [0.4, 0.5) is 10.6 Å². The Morgan fingerprint density at radius 3 is 2.75 bits per heavy atom. The van der Waals surface area contributed by atoms with Crippen LogP contribution in [0.5, 0.6) is 0 Å². The molecule has 0 saturated heterocycles. The number of nitrogens with one attached hydrogen (secondary N) is 2. The fraction of sp³-hybridized carbons (Fsp3) is 0.462. The highest BCUT2D eigenvalue weighted by molar-refractivity contribution is 7.17. The molecule has 0 unspecified atom stereocenters. The highest BCUT2D eigenvalue weighted by Crippen LogP contribution is 2.30. The number of primary amides is 1. The van der Waals surface area contributed by atoms with E-state index in [9.17, 15) is 4.79 Å². The number of amides is 2. The minimum Gasteiger partial charge on any atom is -0.363 e. The molecule has 6 nitrogen and oxygen atoms in total. The van der Waals surface area contributed by atoms with E-state index in [-0.39, 0.29) is 5.54 Å². The van der Waals surface area contributed by atoms with Crippen molar-refractivity contribution >= 4 is 33.4 Å². The average molecular weight is 293 g/mol. The molecule has 0 fully saturated rings. The minimum atomic E-state index is -0.532. The highest BCUT2D eigenvalue weighted by Gasteiger charge is 2.21. The van der Waals surface area contributed by atoms with Gasteiger partial charge >= 0.3 is 6.03 Å². The maximum atomic E-state index is 10.8. The number of urea groups is 1. The van der Waals surface area contributed by atoms with E-state index in [1.807, 2.05) is 27.7 Å². The second-order valence-corrected chi connectivity index (χ2v) is 6.30. The van der Waals surface area contributed by atoms with Gasteiger partial charge in [0, 0.05) is 6.54 Å². The maximum absolute atomic E-state index is 10.8. The van der Waals surface area contributed by atoms with Crippen LogP contribution >= 0.6 is 11.3 Å². The number of hydrogen-bond acceptors (Lipinski definition) is 5. The number of anilines is 1. The maximum Gasteiger partial charge on any atom is 0.312 e. The number of aromatic nitrogens is 2. The number of hydrogen-bond donors (Lipinski definition) is 3. The summed E-state index contributed by atoms with van der Waals surface area (Å²) in [6, 6.07) is -0.532. The number of fused-ring (bicyclic) bond motifs is 1. The molecule has 4 N–H and O–H groups in total. The van der Waals surface area contributed by atoms with Gasteiger partial charge in [-0.2, -0.15) is 0 Å². The van der Waals surface area contributed by atoms with Gasteiger partial charge < -0.3 is 16.4 Å². The topological polar surface area (TPSA) is 92.9 Å². The van der Waals surface area contributed by atoms with Gasteiger partial charge in [-0.15, -0.1) is 11.3 Å². The molecule has 7 heteroatoms. The number of aryl methyl sites for hydroxylation is 2. The Bertz CT molecular complexity index is 649. The standard InChI is InChI=1S/C13H19N5OS/c1-7-5-20-11-9(7)10(16-8(2)17-11)18-13(3,4)6-15-12(14)19/h5H,6H2,1-4H3,(H3,14,15,19)(H,16,17,18). The number of nitrogens with two attached hydrogens (primary N) is 1. The Morgan fingerprint density at radius 1 is 1.40 bits per heavy atom. The van der Waals surface area contributed by atoms with Crippen molar-refractivity contribution in [2.24, 2.45) is 5.73 Å². The second kappa shape index (κ2) is 5.24. The van der Waals surface area contributed by atoms with E-state index in [1.165, 1.54) is 0 Å². The van der Waals surface area contributed by atoms with Crippen molar-refractivity contribution in [3.8, 4) is 0 Å². The van der Waals surface area contributed by atoms with Crippen LogP contribution < -0.4 is 16.4 Å². The molecule has 0 aliphatic rings. The first-order valence-corrected chi connectivity index (χ1v) is 7.20. The predicted molar refractivity (Wildman–Crippen MR) is 82.2 cm³/mol. The number of carbonyl (C=O) groups is 1. The first-order valence-electron chi connectivity index (χ1n) is 6.32. The molecule has 0 aromatic carbocycles.